The molecule has 14 atom stereocenters. The number of azide groups is 3. The number of carbonyl (C=O) groups excluding carboxylic acids is 4. The van der Waals surface area contributed by atoms with Crippen LogP contribution < -0.4 is 45.3 Å². The lowest BCUT2D eigenvalue weighted by molar-refractivity contribution is -0.254. The second-order valence-corrected chi connectivity index (χ2v) is 23.2. The minimum atomic E-state index is -6.02. The largest absolute Gasteiger partial charge is 0.756 e. The predicted molar refractivity (Wildman–Crippen MR) is 245 cm³/mol. The Morgan fingerprint density at radius 1 is 0.744 bits per heavy atom. The van der Waals surface area contributed by atoms with E-state index < -0.39 is 121 Å². The number of hydrogen-bond donors (Lipinski definition) is 5. The molecule has 8 unspecified atom stereocenters. The minimum absolute atomic E-state index is 0. The van der Waals surface area contributed by atoms with E-state index in [-0.39, 0.29) is 58.7 Å². The van der Waals surface area contributed by atoms with Crippen molar-refractivity contribution in [2.45, 2.75) is 117 Å². The molecule has 3 amide bonds. The van der Waals surface area contributed by atoms with E-state index in [2.05, 4.69) is 84.2 Å². The standard InChI is InChI=1S/C13H19N5O4.C10H21N4O13P3.C7H16N3O12P3.CH4/c1-3-4-7-16-13(21)22-9-11(17-18-14)12(20)15-8-5-6-10(2)19;1-6-3-8(25-10(13-14-11)4-12-7(2)15)9(24-6)5-23-29(19,20)27-30(21,22)26-28(16,17)18;1-5-2-6(18-4-9-10-8)7(20-5)3-19-24(14,15)22-25(16,17)21-23(11,12)13;/h11H,5-9H2,1-2H3,(H,15,20)(H,16,21);6,8-10H,3-5H2,1-2H3,(H,12,15)(H,19,20)(H,21,22)(H2,16,17,18);5-7H,2-4H2,1H3,(H,14,15)(H,16,17)(H2,11,12,13);1H4/p-6/t;6-,8+,9+,10?;5-,6+,7+;/m.00./s1. The van der Waals surface area contributed by atoms with Crippen molar-refractivity contribution in [3.05, 3.63) is 31.3 Å². The smallest absolute Gasteiger partial charge is 0.407 e. The van der Waals surface area contributed by atoms with Crippen molar-refractivity contribution >= 4 is 70.6 Å². The number of hydrogen-bond acceptors (Lipinski definition) is 30. The van der Waals surface area contributed by atoms with Gasteiger partial charge in [-0.05, 0) is 50.7 Å². The third kappa shape index (κ3) is 38.6. The Balaban J connectivity index is 0. The number of phosphoric ester groups is 2. The number of ketones is 1. The van der Waals surface area contributed by atoms with E-state index in [4.69, 9.17) is 50.1 Å². The minimum Gasteiger partial charge on any atom is -0.756 e. The normalized spacial score (nSPS) is 23.7. The summed E-state index contributed by atoms with van der Waals surface area (Å²) < 4.78 is 114. The number of amides is 3. The molecule has 41 nitrogen and oxygen atoms in total. The molecule has 0 aromatic heterocycles. The van der Waals surface area contributed by atoms with Gasteiger partial charge in [-0.25, -0.2) is 22.0 Å². The highest BCUT2D eigenvalue weighted by atomic mass is 31.3. The van der Waals surface area contributed by atoms with Gasteiger partial charge in [0.25, 0.3) is 46.9 Å². The van der Waals surface area contributed by atoms with Gasteiger partial charge in [0, 0.05) is 54.0 Å². The lowest BCUT2D eigenvalue weighted by Crippen LogP contribution is -2.38. The van der Waals surface area contributed by atoms with Crippen LogP contribution in [0.1, 0.15) is 67.7 Å². The molecule has 0 aromatic carbocycles. The highest BCUT2D eigenvalue weighted by Gasteiger charge is 2.38. The molecule has 2 rings (SSSR count). The van der Waals surface area contributed by atoms with E-state index in [1.54, 1.807) is 20.8 Å². The number of Topliss-reactive ketones (excluding diaryl/α,β-unsaturated/α-hetero) is 1. The zero-order valence-corrected chi connectivity index (χ0v) is 45.9. The Morgan fingerprint density at radius 3 is 1.69 bits per heavy atom. The van der Waals surface area contributed by atoms with Crippen LogP contribution in [0.15, 0.2) is 15.3 Å². The summed E-state index contributed by atoms with van der Waals surface area (Å²) in [7, 11) is -34.9. The molecule has 0 aromatic rings. The molecule has 47 heteroatoms. The van der Waals surface area contributed by atoms with Crippen molar-refractivity contribution in [2.75, 3.05) is 46.2 Å². The Morgan fingerprint density at radius 2 is 1.24 bits per heavy atom. The quantitative estimate of drug-likeness (QED) is 0.0147. The van der Waals surface area contributed by atoms with Gasteiger partial charge in [-0.1, -0.05) is 28.7 Å². The Bertz CT molecular complexity index is 2480. The average molecular weight is 1240 g/mol. The molecule has 2 fully saturated rings. The molecular formula is C31H54N12O29P6-6. The Hall–Kier alpha value is -3.97. The van der Waals surface area contributed by atoms with Crippen molar-refractivity contribution in [3.8, 4) is 11.8 Å². The number of ether oxygens (including phenoxy) is 5. The Kier molecular flexibility index (Phi) is 36.2. The zero-order valence-electron chi connectivity index (χ0n) is 40.5. The number of nitrogens with one attached hydrogen (secondary N) is 3. The van der Waals surface area contributed by atoms with E-state index in [1.165, 1.54) is 13.8 Å². The summed E-state index contributed by atoms with van der Waals surface area (Å²) in [6.45, 7) is 5.47. The molecular weight excluding hydrogens is 1190 g/mol. The van der Waals surface area contributed by atoms with E-state index in [1.807, 2.05) is 0 Å². The molecule has 0 bridgehead atoms. The first-order valence-corrected chi connectivity index (χ1v) is 29.8. The van der Waals surface area contributed by atoms with Crippen LogP contribution in [0.25, 0.3) is 31.3 Å². The first-order chi connectivity index (χ1) is 35.5. The number of phosphoric acid groups is 6. The van der Waals surface area contributed by atoms with Crippen LogP contribution in [0.5, 0.6) is 0 Å². The van der Waals surface area contributed by atoms with Crippen LogP contribution in [-0.2, 0) is 91.7 Å². The third-order valence-electron chi connectivity index (χ3n) is 8.19. The molecule has 2 aliphatic rings. The lowest BCUT2D eigenvalue weighted by atomic mass is 10.1. The second kappa shape index (κ2) is 37.1. The van der Waals surface area contributed by atoms with E-state index in [0.717, 1.165) is 0 Å². The summed E-state index contributed by atoms with van der Waals surface area (Å²) in [5.41, 5.74) is 25.2. The first kappa shape index (κ1) is 76.1. The van der Waals surface area contributed by atoms with E-state index in [0.29, 0.717) is 19.3 Å². The maximum atomic E-state index is 11.8. The number of carbonyl (C=O) groups is 4. The number of nitrogens with zero attached hydrogens (tertiary/aromatic N) is 9. The maximum absolute atomic E-state index is 11.8. The van der Waals surface area contributed by atoms with Gasteiger partial charge in [-0.2, -0.15) is 0 Å². The fourth-order valence-corrected chi connectivity index (χ4v) is 11.2. The maximum Gasteiger partial charge on any atom is 0.407 e. The van der Waals surface area contributed by atoms with E-state index in [9.17, 15) is 75.9 Å². The third-order valence-corrected chi connectivity index (χ3v) is 15.6. The SMILES string of the molecule is C.CC#CCNC(=O)OCC(N=[N+]=[N-])C(=O)NCCCC(C)=O.CC(=O)NCC(N=[N+]=[N-])O[C@@H]1C[C@H](C)O[C@@H]1COP(=O)([O-])OP(=O)([O-])OP(=O)([O-])O.C[C@H]1C[C@@H](OCN=[N+]=[N-])[C@@H](COP(=O)([O-])OP(=O)([O-])OP(=O)([O-])O)O1. The van der Waals surface area contributed by atoms with Crippen LogP contribution in [-0.4, -0.2) is 129 Å². The number of alkyl carbamates (subject to hydrolysis) is 1. The molecule has 5 N–H and O–H groups in total. The van der Waals surface area contributed by atoms with Gasteiger partial charge in [-0.15, -0.1) is 5.92 Å². The highest BCUT2D eigenvalue weighted by Crippen LogP contribution is 2.62. The van der Waals surface area contributed by atoms with Gasteiger partial charge in [0.2, 0.25) is 11.8 Å². The van der Waals surface area contributed by atoms with Gasteiger partial charge in [0.05, 0.1) is 44.2 Å². The average Bonchev–Trinajstić information content (AvgIpc) is 3.81. The van der Waals surface area contributed by atoms with Gasteiger partial charge >= 0.3 is 6.09 Å². The predicted octanol–water partition coefficient (Wildman–Crippen LogP) is -0.431. The van der Waals surface area contributed by atoms with Crippen molar-refractivity contribution < 1.29 is 136 Å². The molecule has 448 valence electrons. The van der Waals surface area contributed by atoms with Gasteiger partial charge < -0.3 is 92.6 Å². The molecule has 2 aliphatic heterocycles. The summed E-state index contributed by atoms with van der Waals surface area (Å²) in [6.07, 6.45) is -5.07. The monoisotopic (exact) mass is 1240 g/mol. The van der Waals surface area contributed by atoms with Crippen LogP contribution in [0.4, 0.5) is 4.79 Å². The van der Waals surface area contributed by atoms with Crippen LogP contribution in [0.2, 0.25) is 0 Å². The molecule has 0 spiro atoms. The molecule has 2 saturated heterocycles. The summed E-state index contributed by atoms with van der Waals surface area (Å²) in [6, 6.07) is -1.16. The van der Waals surface area contributed by atoms with Crippen LogP contribution in [0.3, 0.4) is 0 Å². The van der Waals surface area contributed by atoms with Crippen molar-refractivity contribution in [2.24, 2.45) is 15.3 Å². The summed E-state index contributed by atoms with van der Waals surface area (Å²) in [5, 5.41) is 17.0. The highest BCUT2D eigenvalue weighted by molar-refractivity contribution is 7.65. The molecule has 0 saturated carbocycles. The fraction of sp³-hybridized carbons (Fsp3) is 0.806. The summed E-state index contributed by atoms with van der Waals surface area (Å²) in [5.74, 6) is 4.23. The lowest BCUT2D eigenvalue weighted by Gasteiger charge is -2.33. The zero-order chi connectivity index (χ0) is 59.3. The second-order valence-electron chi connectivity index (χ2n) is 14.6. The number of rotatable bonds is 31. The van der Waals surface area contributed by atoms with Gasteiger partial charge in [0.1, 0.15) is 31.3 Å². The molecule has 78 heavy (non-hydrogen) atoms. The molecule has 0 aliphatic carbocycles. The van der Waals surface area contributed by atoms with Crippen LogP contribution in [0, 0.1) is 11.8 Å². The topological polar surface area (TPSA) is 633 Å². The Labute approximate surface area is 442 Å². The van der Waals surface area contributed by atoms with Gasteiger partial charge in [0.15, 0.2) is 12.3 Å². The first-order valence-electron chi connectivity index (χ1n) is 20.9. The summed E-state index contributed by atoms with van der Waals surface area (Å²) >= 11 is 0. The van der Waals surface area contributed by atoms with Crippen molar-refractivity contribution in [1.29, 1.82) is 0 Å². The molecule has 0 radical (unpaired) electrons. The van der Waals surface area contributed by atoms with E-state index >= 15 is 0 Å². The van der Waals surface area contributed by atoms with Crippen molar-refractivity contribution in [3.63, 3.8) is 0 Å². The fourth-order valence-electron chi connectivity index (χ4n) is 5.42. The van der Waals surface area contributed by atoms with Gasteiger partial charge in [-0.3, -0.25) is 37.0 Å². The van der Waals surface area contributed by atoms with Crippen LogP contribution >= 0.6 is 46.9 Å². The molecule has 2 heterocycles. The van der Waals surface area contributed by atoms with Crippen molar-refractivity contribution in [1.82, 2.24) is 16.0 Å². The summed E-state index contributed by atoms with van der Waals surface area (Å²) in [4.78, 5) is 135.